The number of hydrogen-bond acceptors (Lipinski definition) is 2. The number of nitrogens with one attached hydrogen (secondary N) is 1. The second-order valence-electron chi connectivity index (χ2n) is 5.26. The normalized spacial score (nSPS) is 12.5. The van der Waals surface area contributed by atoms with E-state index in [0.29, 0.717) is 5.92 Å². The van der Waals surface area contributed by atoms with E-state index in [1.807, 2.05) is 6.92 Å². The van der Waals surface area contributed by atoms with Gasteiger partial charge in [0.1, 0.15) is 0 Å². The van der Waals surface area contributed by atoms with Crippen LogP contribution in [0.4, 0.5) is 0 Å². The second kappa shape index (κ2) is 8.26. The molecule has 1 aromatic carbocycles. The molecule has 0 heterocycles. The highest BCUT2D eigenvalue weighted by Gasteiger charge is 2.13. The fourth-order valence-electron chi connectivity index (χ4n) is 1.62. The summed E-state index contributed by atoms with van der Waals surface area (Å²) in [6.07, 6.45) is 1.07. The molecule has 0 saturated carbocycles. The van der Waals surface area contributed by atoms with Crippen molar-refractivity contribution in [2.75, 3.05) is 6.54 Å². The van der Waals surface area contributed by atoms with Crippen LogP contribution >= 0.6 is 11.8 Å². The first kappa shape index (κ1) is 16.1. The summed E-state index contributed by atoms with van der Waals surface area (Å²) in [5.74, 6) is 1.53. The third-order valence-electron chi connectivity index (χ3n) is 2.98. The number of benzene rings is 1. The summed E-state index contributed by atoms with van der Waals surface area (Å²) >= 11 is 1.69. The maximum absolute atomic E-state index is 11.8. The summed E-state index contributed by atoms with van der Waals surface area (Å²) in [5.41, 5.74) is 2.64. The third-order valence-corrected chi connectivity index (χ3v) is 4.20. The van der Waals surface area contributed by atoms with Crippen LogP contribution in [-0.2, 0) is 17.0 Å². The van der Waals surface area contributed by atoms with E-state index < -0.39 is 0 Å². The van der Waals surface area contributed by atoms with Crippen LogP contribution in [0.1, 0.15) is 38.8 Å². The Bertz CT molecular complexity index is 386. The van der Waals surface area contributed by atoms with Crippen molar-refractivity contribution in [2.24, 2.45) is 5.92 Å². The van der Waals surface area contributed by atoms with Gasteiger partial charge in [0.25, 0.3) is 0 Å². The Balaban J connectivity index is 2.36. The number of carbonyl (C=O) groups is 1. The zero-order chi connectivity index (χ0) is 14.3. The lowest BCUT2D eigenvalue weighted by molar-refractivity contribution is -0.120. The summed E-state index contributed by atoms with van der Waals surface area (Å²) in [5, 5.41) is 2.98. The zero-order valence-electron chi connectivity index (χ0n) is 12.4. The molecule has 1 unspecified atom stereocenters. The molecule has 0 aromatic heterocycles. The number of thioether (sulfide) groups is 1. The molecule has 1 N–H and O–H groups in total. The van der Waals surface area contributed by atoms with E-state index in [2.05, 4.69) is 50.4 Å². The largest absolute Gasteiger partial charge is 0.355 e. The second-order valence-corrected chi connectivity index (χ2v) is 6.59. The number of hydrogen-bond donors (Lipinski definition) is 1. The molecule has 2 nitrogen and oxygen atoms in total. The first-order chi connectivity index (χ1) is 9.02. The molecule has 1 atom stereocenters. The van der Waals surface area contributed by atoms with E-state index in [9.17, 15) is 4.79 Å². The van der Waals surface area contributed by atoms with E-state index in [4.69, 9.17) is 0 Å². The number of rotatable bonds is 7. The summed E-state index contributed by atoms with van der Waals surface area (Å²) in [7, 11) is 0. The summed E-state index contributed by atoms with van der Waals surface area (Å²) in [6, 6.07) is 8.65. The molecule has 3 heteroatoms. The topological polar surface area (TPSA) is 29.1 Å². The Morgan fingerprint density at radius 3 is 2.26 bits per heavy atom. The summed E-state index contributed by atoms with van der Waals surface area (Å²) in [4.78, 5) is 11.8. The lowest BCUT2D eigenvalue weighted by atomic mass is 10.1. The van der Waals surface area contributed by atoms with Gasteiger partial charge in [-0.2, -0.15) is 0 Å². The molecular formula is C16H25NOS. The highest BCUT2D eigenvalue weighted by atomic mass is 32.2. The minimum atomic E-state index is 0.00426. The molecule has 0 aliphatic heterocycles. The highest BCUT2D eigenvalue weighted by Crippen LogP contribution is 2.18. The SMILES string of the molecule is CCc1ccc(CSC(C)C(=O)NCC(C)C)cc1. The number of carbonyl (C=O) groups excluding carboxylic acids is 1. The van der Waals surface area contributed by atoms with E-state index >= 15 is 0 Å². The number of amides is 1. The first-order valence-corrected chi connectivity index (χ1v) is 8.05. The van der Waals surface area contributed by atoms with Crippen molar-refractivity contribution < 1.29 is 4.79 Å². The molecule has 0 aliphatic rings. The van der Waals surface area contributed by atoms with Gasteiger partial charge in [0.15, 0.2) is 0 Å². The van der Waals surface area contributed by atoms with Gasteiger partial charge < -0.3 is 5.32 Å². The van der Waals surface area contributed by atoms with Crippen molar-refractivity contribution in [2.45, 2.75) is 45.1 Å². The molecule has 0 radical (unpaired) electrons. The Hall–Kier alpha value is -0.960. The minimum Gasteiger partial charge on any atom is -0.355 e. The Kier molecular flexibility index (Phi) is 7.00. The molecule has 19 heavy (non-hydrogen) atoms. The highest BCUT2D eigenvalue weighted by molar-refractivity contribution is 7.99. The number of aryl methyl sites for hydroxylation is 1. The van der Waals surface area contributed by atoms with E-state index in [1.165, 1.54) is 11.1 Å². The molecule has 0 fully saturated rings. The summed E-state index contributed by atoms with van der Waals surface area (Å²) in [6.45, 7) is 9.10. The molecule has 106 valence electrons. The fraction of sp³-hybridized carbons (Fsp3) is 0.562. The smallest absolute Gasteiger partial charge is 0.232 e. The summed E-state index contributed by atoms with van der Waals surface area (Å²) < 4.78 is 0. The van der Waals surface area contributed by atoms with E-state index in [-0.39, 0.29) is 11.2 Å². The predicted molar refractivity (Wildman–Crippen MR) is 84.4 cm³/mol. The van der Waals surface area contributed by atoms with Crippen LogP contribution < -0.4 is 5.32 Å². The van der Waals surface area contributed by atoms with Crippen molar-refractivity contribution in [3.05, 3.63) is 35.4 Å². The molecule has 1 rings (SSSR count). The van der Waals surface area contributed by atoms with Gasteiger partial charge in [-0.05, 0) is 30.4 Å². The van der Waals surface area contributed by atoms with Crippen molar-refractivity contribution in [3.8, 4) is 0 Å². The predicted octanol–water partition coefficient (Wildman–Crippen LogP) is 3.64. The zero-order valence-corrected chi connectivity index (χ0v) is 13.2. The Labute approximate surface area is 121 Å². The van der Waals surface area contributed by atoms with Gasteiger partial charge >= 0.3 is 0 Å². The monoisotopic (exact) mass is 279 g/mol. The Morgan fingerprint density at radius 1 is 1.16 bits per heavy atom. The quantitative estimate of drug-likeness (QED) is 0.825. The van der Waals surface area contributed by atoms with Crippen LogP contribution in [0.15, 0.2) is 24.3 Å². The molecule has 1 aromatic rings. The van der Waals surface area contributed by atoms with E-state index in [0.717, 1.165) is 18.7 Å². The average molecular weight is 279 g/mol. The van der Waals surface area contributed by atoms with Crippen molar-refractivity contribution >= 4 is 17.7 Å². The van der Waals surface area contributed by atoms with Gasteiger partial charge in [0.2, 0.25) is 5.91 Å². The van der Waals surface area contributed by atoms with Crippen molar-refractivity contribution in [3.63, 3.8) is 0 Å². The van der Waals surface area contributed by atoms with Gasteiger partial charge in [0.05, 0.1) is 5.25 Å². The average Bonchev–Trinajstić information content (AvgIpc) is 2.42. The maximum Gasteiger partial charge on any atom is 0.232 e. The van der Waals surface area contributed by atoms with Gasteiger partial charge in [-0.3, -0.25) is 4.79 Å². The lowest BCUT2D eigenvalue weighted by Crippen LogP contribution is -2.33. The molecule has 0 spiro atoms. The molecule has 0 bridgehead atoms. The standard InChI is InChI=1S/C16H25NOS/c1-5-14-6-8-15(9-7-14)11-19-13(4)16(18)17-10-12(2)3/h6-9,12-13H,5,10-11H2,1-4H3,(H,17,18). The maximum atomic E-state index is 11.8. The van der Waals surface area contributed by atoms with Crippen LogP contribution in [0.25, 0.3) is 0 Å². The van der Waals surface area contributed by atoms with Gasteiger partial charge in [0, 0.05) is 12.3 Å². The van der Waals surface area contributed by atoms with Gasteiger partial charge in [-0.1, -0.05) is 45.0 Å². The molecule has 0 saturated heterocycles. The fourth-order valence-corrected chi connectivity index (χ4v) is 2.49. The van der Waals surface area contributed by atoms with E-state index in [1.54, 1.807) is 11.8 Å². The molecule has 0 aliphatic carbocycles. The van der Waals surface area contributed by atoms with Crippen LogP contribution in [0.2, 0.25) is 0 Å². The lowest BCUT2D eigenvalue weighted by Gasteiger charge is -2.13. The van der Waals surface area contributed by atoms with Crippen LogP contribution in [0.5, 0.6) is 0 Å². The molecular weight excluding hydrogens is 254 g/mol. The van der Waals surface area contributed by atoms with Crippen LogP contribution in [0.3, 0.4) is 0 Å². The first-order valence-electron chi connectivity index (χ1n) is 7.00. The van der Waals surface area contributed by atoms with Crippen LogP contribution in [-0.4, -0.2) is 17.7 Å². The van der Waals surface area contributed by atoms with Gasteiger partial charge in [-0.25, -0.2) is 0 Å². The van der Waals surface area contributed by atoms with Crippen molar-refractivity contribution in [1.82, 2.24) is 5.32 Å². The minimum absolute atomic E-state index is 0.00426. The van der Waals surface area contributed by atoms with Gasteiger partial charge in [-0.15, -0.1) is 11.8 Å². The van der Waals surface area contributed by atoms with Crippen molar-refractivity contribution in [1.29, 1.82) is 0 Å². The Morgan fingerprint density at radius 2 is 1.74 bits per heavy atom. The molecule has 1 amide bonds. The van der Waals surface area contributed by atoms with Crippen LogP contribution in [0, 0.1) is 5.92 Å². The third kappa shape index (κ3) is 6.15.